The van der Waals surface area contributed by atoms with Gasteiger partial charge in [0, 0.05) is 29.7 Å². The second-order valence-electron chi connectivity index (χ2n) is 6.13. The molecule has 2 fully saturated rings. The van der Waals surface area contributed by atoms with Crippen molar-refractivity contribution >= 4 is 26.0 Å². The summed E-state index contributed by atoms with van der Waals surface area (Å²) < 4.78 is 29.6. The third-order valence-electron chi connectivity index (χ3n) is 4.48. The highest BCUT2D eigenvalue weighted by atomic mass is 79.9. The van der Waals surface area contributed by atoms with Gasteiger partial charge in [0.15, 0.2) is 0 Å². The average Bonchev–Trinajstić information content (AvgIpc) is 3.07. The minimum absolute atomic E-state index is 0.0623. The summed E-state index contributed by atoms with van der Waals surface area (Å²) in [6.45, 7) is 0.949. The highest BCUT2D eigenvalue weighted by Crippen LogP contribution is 2.39. The Labute approximate surface area is 143 Å². The highest BCUT2D eigenvalue weighted by molar-refractivity contribution is 9.10. The number of sulfonamides is 1. The Kier molecular flexibility index (Phi) is 3.78. The van der Waals surface area contributed by atoms with Crippen molar-refractivity contribution in [3.63, 3.8) is 0 Å². The minimum atomic E-state index is -3.48. The fourth-order valence-electron chi connectivity index (χ4n) is 2.97. The number of aromatic nitrogens is 3. The third kappa shape index (κ3) is 2.83. The van der Waals surface area contributed by atoms with Crippen molar-refractivity contribution in [3.8, 4) is 0 Å². The van der Waals surface area contributed by atoms with E-state index in [9.17, 15) is 8.42 Å². The molecular formula is C15H17BrN4O2S. The van der Waals surface area contributed by atoms with Crippen molar-refractivity contribution in [2.24, 2.45) is 0 Å². The maximum atomic E-state index is 12.8. The Bertz CT molecular complexity index is 832. The van der Waals surface area contributed by atoms with Crippen molar-refractivity contribution in [2.45, 2.75) is 36.1 Å². The Morgan fingerprint density at radius 1 is 1.17 bits per heavy atom. The lowest BCUT2D eigenvalue weighted by Gasteiger charge is -2.17. The molecule has 1 aromatic carbocycles. The number of rotatable bonds is 4. The number of hydrogen-bond acceptors (Lipinski definition) is 4. The Morgan fingerprint density at radius 3 is 2.70 bits per heavy atom. The molecule has 2 aromatic rings. The zero-order valence-corrected chi connectivity index (χ0v) is 14.9. The van der Waals surface area contributed by atoms with Gasteiger partial charge in [-0.2, -0.15) is 4.31 Å². The van der Waals surface area contributed by atoms with Gasteiger partial charge in [-0.1, -0.05) is 17.3 Å². The second-order valence-corrected chi connectivity index (χ2v) is 8.89. The van der Waals surface area contributed by atoms with Gasteiger partial charge in [0.05, 0.1) is 16.6 Å². The van der Waals surface area contributed by atoms with Gasteiger partial charge in [-0.25, -0.2) is 13.1 Å². The summed E-state index contributed by atoms with van der Waals surface area (Å²) in [6.07, 6.45) is 5.12. The van der Waals surface area contributed by atoms with E-state index in [1.807, 2.05) is 16.9 Å². The fraction of sp³-hybridized carbons (Fsp3) is 0.467. The number of halogens is 1. The maximum Gasteiger partial charge on any atom is 0.244 e. The second kappa shape index (κ2) is 5.68. The average molecular weight is 397 g/mol. The number of nitrogens with zero attached hydrogens (tertiary/aromatic N) is 4. The summed E-state index contributed by atoms with van der Waals surface area (Å²) in [4.78, 5) is 0.318. The first-order valence-electron chi connectivity index (χ1n) is 7.72. The molecule has 4 rings (SSSR count). The Balaban J connectivity index is 1.54. The lowest BCUT2D eigenvalue weighted by atomic mass is 10.2. The van der Waals surface area contributed by atoms with Crippen molar-refractivity contribution in [3.05, 3.63) is 40.6 Å². The first kappa shape index (κ1) is 15.3. The van der Waals surface area contributed by atoms with Gasteiger partial charge in [0.2, 0.25) is 10.0 Å². The predicted molar refractivity (Wildman–Crippen MR) is 88.6 cm³/mol. The van der Waals surface area contributed by atoms with Crippen molar-refractivity contribution in [1.29, 1.82) is 0 Å². The van der Waals surface area contributed by atoms with E-state index in [0.29, 0.717) is 28.4 Å². The van der Waals surface area contributed by atoms with Crippen molar-refractivity contribution < 1.29 is 8.42 Å². The summed E-state index contributed by atoms with van der Waals surface area (Å²) in [5, 5.41) is 8.42. The zero-order valence-electron chi connectivity index (χ0n) is 12.5. The van der Waals surface area contributed by atoms with Crippen LogP contribution in [-0.2, 0) is 10.0 Å². The summed E-state index contributed by atoms with van der Waals surface area (Å²) in [6, 6.07) is 7.00. The topological polar surface area (TPSA) is 68.1 Å². The van der Waals surface area contributed by atoms with Crippen LogP contribution in [0.1, 0.15) is 36.9 Å². The molecular weight excluding hydrogens is 380 g/mol. The van der Waals surface area contributed by atoms with Gasteiger partial charge < -0.3 is 0 Å². The molecule has 1 saturated heterocycles. The van der Waals surface area contributed by atoms with E-state index in [4.69, 9.17) is 0 Å². The van der Waals surface area contributed by atoms with Crippen LogP contribution in [0.5, 0.6) is 0 Å². The number of benzene rings is 1. The molecule has 1 aliphatic heterocycles. The Morgan fingerprint density at radius 2 is 1.96 bits per heavy atom. The van der Waals surface area contributed by atoms with Crippen LogP contribution in [0.3, 0.4) is 0 Å². The summed E-state index contributed by atoms with van der Waals surface area (Å²) in [5.41, 5.74) is 1.04. The predicted octanol–water partition coefficient (Wildman–Crippen LogP) is 2.55. The molecule has 8 heteroatoms. The van der Waals surface area contributed by atoms with E-state index >= 15 is 0 Å². The van der Waals surface area contributed by atoms with Crippen molar-refractivity contribution in [2.75, 3.05) is 13.1 Å². The van der Waals surface area contributed by atoms with Gasteiger partial charge in [0.1, 0.15) is 0 Å². The summed E-state index contributed by atoms with van der Waals surface area (Å²) in [7, 11) is -3.48. The molecule has 1 aliphatic carbocycles. The zero-order chi connectivity index (χ0) is 16.0. The van der Waals surface area contributed by atoms with Crippen LogP contribution in [0, 0.1) is 0 Å². The summed E-state index contributed by atoms with van der Waals surface area (Å²) >= 11 is 3.33. The fourth-order valence-corrected chi connectivity index (χ4v) is 5.43. The molecule has 2 aliphatic rings. The largest absolute Gasteiger partial charge is 0.248 e. The molecule has 1 aromatic heterocycles. The monoisotopic (exact) mass is 396 g/mol. The molecule has 0 amide bonds. The van der Waals surface area contributed by atoms with Crippen LogP contribution < -0.4 is 0 Å². The Hall–Kier alpha value is -1.25. The van der Waals surface area contributed by atoms with Gasteiger partial charge in [-0.15, -0.1) is 5.10 Å². The van der Waals surface area contributed by atoms with Crippen LogP contribution >= 0.6 is 15.9 Å². The minimum Gasteiger partial charge on any atom is -0.248 e. The van der Waals surface area contributed by atoms with Gasteiger partial charge in [0.25, 0.3) is 0 Å². The smallest absolute Gasteiger partial charge is 0.244 e. The van der Waals surface area contributed by atoms with Crippen LogP contribution in [0.25, 0.3) is 0 Å². The van der Waals surface area contributed by atoms with Gasteiger partial charge >= 0.3 is 0 Å². The van der Waals surface area contributed by atoms with E-state index in [1.165, 1.54) is 17.1 Å². The third-order valence-corrected chi connectivity index (χ3v) is 7.36. The molecule has 1 atom stereocenters. The molecule has 0 N–H and O–H groups in total. The van der Waals surface area contributed by atoms with Crippen molar-refractivity contribution in [1.82, 2.24) is 19.3 Å². The molecule has 23 heavy (non-hydrogen) atoms. The molecule has 0 unspecified atom stereocenters. The molecule has 0 radical (unpaired) electrons. The van der Waals surface area contributed by atoms with Crippen LogP contribution in [0.4, 0.5) is 0 Å². The quantitative estimate of drug-likeness (QED) is 0.795. The molecule has 122 valence electrons. The van der Waals surface area contributed by atoms with Crippen LogP contribution in [0.2, 0.25) is 0 Å². The molecule has 0 spiro atoms. The van der Waals surface area contributed by atoms with Gasteiger partial charge in [-0.05, 0) is 47.3 Å². The van der Waals surface area contributed by atoms with E-state index in [1.54, 1.807) is 18.2 Å². The van der Waals surface area contributed by atoms with E-state index in [2.05, 4.69) is 26.2 Å². The van der Waals surface area contributed by atoms with E-state index in [0.717, 1.165) is 12.1 Å². The highest BCUT2D eigenvalue weighted by Gasteiger charge is 2.35. The molecule has 0 bridgehead atoms. The first-order chi connectivity index (χ1) is 11.1. The van der Waals surface area contributed by atoms with Crippen LogP contribution in [-0.4, -0.2) is 40.8 Å². The molecule has 2 heterocycles. The lowest BCUT2D eigenvalue weighted by Crippen LogP contribution is -2.29. The lowest BCUT2D eigenvalue weighted by molar-refractivity contribution is 0.428. The normalized spacial score (nSPS) is 22.6. The van der Waals surface area contributed by atoms with E-state index in [-0.39, 0.29) is 6.04 Å². The van der Waals surface area contributed by atoms with Crippen LogP contribution in [0.15, 0.2) is 39.8 Å². The standard InChI is InChI=1S/C15H17BrN4O2S/c16-13-3-1-2-4-15(13)23(21,22)19-8-7-12(9-19)20-10-14(17-18-20)11-5-6-11/h1-4,10-12H,5-9H2/t12-/m1/s1. The first-order valence-corrected chi connectivity index (χ1v) is 9.95. The number of hydrogen-bond donors (Lipinski definition) is 0. The molecule has 6 nitrogen and oxygen atoms in total. The maximum absolute atomic E-state index is 12.8. The summed E-state index contributed by atoms with van der Waals surface area (Å²) in [5.74, 6) is 0.560. The van der Waals surface area contributed by atoms with Gasteiger partial charge in [-0.3, -0.25) is 0 Å². The SMILES string of the molecule is O=S(=O)(c1ccccc1Br)N1CC[C@@H](n2cc(C3CC3)nn2)C1. The van der Waals surface area contributed by atoms with E-state index < -0.39 is 10.0 Å². The molecule has 1 saturated carbocycles.